The lowest BCUT2D eigenvalue weighted by Crippen LogP contribution is -2.47. The van der Waals surface area contributed by atoms with E-state index >= 15 is 0 Å². The molecule has 1 aromatic heterocycles. The number of likely N-dealkylation sites (N-methyl/N-ethyl adjacent to an activating group) is 1. The number of carbonyl (C=O) groups is 2. The van der Waals surface area contributed by atoms with Crippen LogP contribution in [0.3, 0.4) is 0 Å². The summed E-state index contributed by atoms with van der Waals surface area (Å²) in [6.45, 7) is 1.88. The molecule has 0 atom stereocenters. The van der Waals surface area contributed by atoms with Crippen LogP contribution in [-0.4, -0.2) is 71.4 Å². The van der Waals surface area contributed by atoms with Crippen LogP contribution in [0.4, 0.5) is 0 Å². The van der Waals surface area contributed by atoms with Gasteiger partial charge < -0.3 is 15.2 Å². The second kappa shape index (κ2) is 7.65. The number of likely N-dealkylation sites (tertiary alicyclic amines) is 1. The Morgan fingerprint density at radius 3 is 2.65 bits per heavy atom. The summed E-state index contributed by atoms with van der Waals surface area (Å²) in [6, 6.07) is 6.93. The Bertz CT molecular complexity index is 869. The van der Waals surface area contributed by atoms with Gasteiger partial charge in [0.2, 0.25) is 5.91 Å². The van der Waals surface area contributed by atoms with Crippen molar-refractivity contribution in [1.82, 2.24) is 25.1 Å². The van der Waals surface area contributed by atoms with E-state index in [2.05, 4.69) is 20.2 Å². The fraction of sp³-hybridized carbons (Fsp3) is 0.444. The lowest BCUT2D eigenvalue weighted by molar-refractivity contribution is -0.130. The number of nitrogens with one attached hydrogen (secondary N) is 2. The lowest BCUT2D eigenvalue weighted by Gasteiger charge is -2.32. The number of fused-ring (bicyclic) bond motifs is 1. The molecule has 2 aromatic rings. The monoisotopic (exact) mass is 357 g/mol. The van der Waals surface area contributed by atoms with Crippen LogP contribution in [0.1, 0.15) is 23.5 Å². The van der Waals surface area contributed by atoms with E-state index < -0.39 is 0 Å². The summed E-state index contributed by atoms with van der Waals surface area (Å²) in [5.41, 5.74) is 0.177. The van der Waals surface area contributed by atoms with Crippen molar-refractivity contribution in [2.45, 2.75) is 18.9 Å². The van der Waals surface area contributed by atoms with E-state index in [-0.39, 0.29) is 29.2 Å². The summed E-state index contributed by atoms with van der Waals surface area (Å²) < 4.78 is 0. The summed E-state index contributed by atoms with van der Waals surface area (Å²) >= 11 is 0. The van der Waals surface area contributed by atoms with E-state index in [4.69, 9.17) is 0 Å². The van der Waals surface area contributed by atoms with Crippen molar-refractivity contribution >= 4 is 22.7 Å². The molecule has 1 fully saturated rings. The largest absolute Gasteiger partial charge is 0.348 e. The van der Waals surface area contributed by atoms with Gasteiger partial charge in [-0.2, -0.15) is 0 Å². The third-order valence-corrected chi connectivity index (χ3v) is 4.61. The maximum absolute atomic E-state index is 12.4. The van der Waals surface area contributed by atoms with Crippen LogP contribution in [0.5, 0.6) is 0 Å². The zero-order chi connectivity index (χ0) is 18.7. The number of hydrogen-bond acceptors (Lipinski definition) is 5. The summed E-state index contributed by atoms with van der Waals surface area (Å²) in [5.74, 6) is -0.278. The van der Waals surface area contributed by atoms with E-state index in [0.29, 0.717) is 17.4 Å². The Labute approximate surface area is 151 Å². The molecule has 1 saturated heterocycles. The minimum absolute atomic E-state index is 0.00461. The fourth-order valence-corrected chi connectivity index (χ4v) is 3.02. The van der Waals surface area contributed by atoms with Crippen LogP contribution in [0.15, 0.2) is 29.1 Å². The highest BCUT2D eigenvalue weighted by molar-refractivity contribution is 5.92. The summed E-state index contributed by atoms with van der Waals surface area (Å²) in [4.78, 5) is 46.7. The topological polar surface area (TPSA) is 98.4 Å². The zero-order valence-corrected chi connectivity index (χ0v) is 15.0. The maximum Gasteiger partial charge on any atom is 0.287 e. The molecule has 8 heteroatoms. The minimum Gasteiger partial charge on any atom is -0.348 e. The van der Waals surface area contributed by atoms with E-state index in [1.54, 1.807) is 43.3 Å². The Hall–Kier alpha value is -2.74. The number of aromatic amines is 1. The van der Waals surface area contributed by atoms with Crippen molar-refractivity contribution in [3.05, 3.63) is 40.4 Å². The molecule has 1 aromatic carbocycles. The predicted octanol–water partition coefficient (Wildman–Crippen LogP) is 0.206. The van der Waals surface area contributed by atoms with Gasteiger partial charge in [-0.1, -0.05) is 12.1 Å². The number of nitrogens with zero attached hydrogens (tertiary/aromatic N) is 3. The van der Waals surface area contributed by atoms with Gasteiger partial charge in [-0.15, -0.1) is 0 Å². The second-order valence-electron chi connectivity index (χ2n) is 6.74. The molecule has 1 aliphatic heterocycles. The van der Waals surface area contributed by atoms with Crippen molar-refractivity contribution in [1.29, 1.82) is 0 Å². The molecule has 0 aliphatic carbocycles. The van der Waals surface area contributed by atoms with Crippen LogP contribution in [0.2, 0.25) is 0 Å². The van der Waals surface area contributed by atoms with E-state index in [1.165, 1.54) is 0 Å². The highest BCUT2D eigenvalue weighted by atomic mass is 16.2. The Morgan fingerprint density at radius 1 is 1.27 bits per heavy atom. The zero-order valence-electron chi connectivity index (χ0n) is 15.0. The molecule has 26 heavy (non-hydrogen) atoms. The summed E-state index contributed by atoms with van der Waals surface area (Å²) in [6.07, 6.45) is 1.51. The van der Waals surface area contributed by atoms with Gasteiger partial charge >= 0.3 is 0 Å². The standard InChI is InChI=1S/C18H23N5O3/c1-22(2)15(24)11-23-9-7-12(8-10-23)19-18(26)16-20-14-6-4-3-5-13(14)17(25)21-16/h3-6,12H,7-11H2,1-2H3,(H,19,26)(H,20,21,25). The first kappa shape index (κ1) is 18.1. The highest BCUT2D eigenvalue weighted by Crippen LogP contribution is 2.11. The maximum atomic E-state index is 12.4. The van der Waals surface area contributed by atoms with Crippen molar-refractivity contribution in [3.63, 3.8) is 0 Å². The molecule has 0 bridgehead atoms. The average molecular weight is 357 g/mol. The van der Waals surface area contributed by atoms with E-state index in [9.17, 15) is 14.4 Å². The molecule has 0 radical (unpaired) electrons. The fourth-order valence-electron chi connectivity index (χ4n) is 3.02. The number of piperidine rings is 1. The number of H-pyrrole nitrogens is 1. The average Bonchev–Trinajstić information content (AvgIpc) is 2.63. The molecule has 0 saturated carbocycles. The third kappa shape index (κ3) is 4.08. The number of aromatic nitrogens is 2. The quantitative estimate of drug-likeness (QED) is 0.815. The number of carbonyl (C=O) groups excluding carboxylic acids is 2. The van der Waals surface area contributed by atoms with Crippen LogP contribution in [-0.2, 0) is 4.79 Å². The molecule has 138 valence electrons. The SMILES string of the molecule is CN(C)C(=O)CN1CCC(NC(=O)c2nc3ccccc3c(=O)[nH]2)CC1. The van der Waals surface area contributed by atoms with Gasteiger partial charge in [0.05, 0.1) is 17.4 Å². The van der Waals surface area contributed by atoms with E-state index in [1.807, 2.05) is 0 Å². The number of hydrogen-bond donors (Lipinski definition) is 2. The van der Waals surface area contributed by atoms with Crippen molar-refractivity contribution < 1.29 is 9.59 Å². The molecule has 2 amide bonds. The van der Waals surface area contributed by atoms with Crippen LogP contribution in [0, 0.1) is 0 Å². The smallest absolute Gasteiger partial charge is 0.287 e. The van der Waals surface area contributed by atoms with Gasteiger partial charge in [0, 0.05) is 33.2 Å². The number of rotatable bonds is 4. The van der Waals surface area contributed by atoms with Gasteiger partial charge in [0.15, 0.2) is 5.82 Å². The van der Waals surface area contributed by atoms with E-state index in [0.717, 1.165) is 25.9 Å². The molecular weight excluding hydrogens is 334 g/mol. The first-order valence-electron chi connectivity index (χ1n) is 8.66. The highest BCUT2D eigenvalue weighted by Gasteiger charge is 2.23. The van der Waals surface area contributed by atoms with Crippen LogP contribution < -0.4 is 10.9 Å². The number of benzene rings is 1. The predicted molar refractivity (Wildman–Crippen MR) is 98.0 cm³/mol. The first-order chi connectivity index (χ1) is 12.4. The third-order valence-electron chi connectivity index (χ3n) is 4.61. The molecule has 2 heterocycles. The van der Waals surface area contributed by atoms with Gasteiger partial charge in [-0.25, -0.2) is 4.98 Å². The molecule has 2 N–H and O–H groups in total. The number of para-hydroxylation sites is 1. The summed E-state index contributed by atoms with van der Waals surface area (Å²) in [5, 5.41) is 3.39. The van der Waals surface area contributed by atoms with Gasteiger partial charge in [-0.3, -0.25) is 19.3 Å². The van der Waals surface area contributed by atoms with Crippen molar-refractivity contribution in [2.75, 3.05) is 33.7 Å². The normalized spacial score (nSPS) is 15.8. The molecule has 8 nitrogen and oxygen atoms in total. The minimum atomic E-state index is -0.379. The first-order valence-corrected chi connectivity index (χ1v) is 8.66. The molecule has 0 spiro atoms. The van der Waals surface area contributed by atoms with Gasteiger partial charge in [0.1, 0.15) is 0 Å². The Balaban J connectivity index is 1.60. The van der Waals surface area contributed by atoms with Crippen LogP contribution in [0.25, 0.3) is 10.9 Å². The summed E-state index contributed by atoms with van der Waals surface area (Å²) in [7, 11) is 3.49. The second-order valence-corrected chi connectivity index (χ2v) is 6.74. The van der Waals surface area contributed by atoms with Crippen LogP contribution >= 0.6 is 0 Å². The van der Waals surface area contributed by atoms with Crippen molar-refractivity contribution in [3.8, 4) is 0 Å². The Morgan fingerprint density at radius 2 is 1.96 bits per heavy atom. The molecule has 1 aliphatic rings. The van der Waals surface area contributed by atoms with Gasteiger partial charge in [0.25, 0.3) is 11.5 Å². The molecule has 3 rings (SSSR count). The van der Waals surface area contributed by atoms with Gasteiger partial charge in [-0.05, 0) is 25.0 Å². The Kier molecular flexibility index (Phi) is 5.32. The molecule has 0 unspecified atom stereocenters. The number of amides is 2. The van der Waals surface area contributed by atoms with Crippen molar-refractivity contribution in [2.24, 2.45) is 0 Å². The lowest BCUT2D eigenvalue weighted by atomic mass is 10.0. The molecular formula is C18H23N5O3.